The second-order valence-electron chi connectivity index (χ2n) is 8.66. The Balaban J connectivity index is 1.56. The molecule has 4 aromatic rings. The summed E-state index contributed by atoms with van der Waals surface area (Å²) in [5.74, 6) is -1.03. The third-order valence-corrected chi connectivity index (χ3v) is 5.68. The van der Waals surface area contributed by atoms with Gasteiger partial charge in [-0.3, -0.25) is 4.79 Å². The summed E-state index contributed by atoms with van der Waals surface area (Å²) in [6, 6.07) is 19.1. The molecule has 6 nitrogen and oxygen atoms in total. The molecule has 0 aliphatic carbocycles. The van der Waals surface area contributed by atoms with Gasteiger partial charge in [-0.1, -0.05) is 54.1 Å². The van der Waals surface area contributed by atoms with Crippen LogP contribution in [0.5, 0.6) is 0 Å². The number of nitrogens with zero attached hydrogens (tertiary/aromatic N) is 2. The molecule has 1 N–H and O–H groups in total. The standard InChI is InChI=1S/C27H26N2O4/c1-18-6-12-21(13-7-18)24(30)23-16-29(25-22(23)5-4-14-28-25)15-19-8-10-20(11-9-19)17-33-27(2,3)26(31)32/h4-14,16H,15,17H2,1-3H3,(H,31,32). The zero-order chi connectivity index (χ0) is 23.6. The first kappa shape index (κ1) is 22.4. The van der Waals surface area contributed by atoms with E-state index in [-0.39, 0.29) is 12.4 Å². The third-order valence-electron chi connectivity index (χ3n) is 5.68. The zero-order valence-corrected chi connectivity index (χ0v) is 18.9. The minimum absolute atomic E-state index is 0.0275. The van der Waals surface area contributed by atoms with E-state index in [1.54, 1.807) is 6.20 Å². The Labute approximate surface area is 192 Å². The van der Waals surface area contributed by atoms with E-state index >= 15 is 0 Å². The fraction of sp³-hybridized carbons (Fsp3) is 0.222. The van der Waals surface area contributed by atoms with Gasteiger partial charge >= 0.3 is 5.97 Å². The van der Waals surface area contributed by atoms with E-state index in [1.165, 1.54) is 13.8 Å². The summed E-state index contributed by atoms with van der Waals surface area (Å²) in [6.07, 6.45) is 3.59. The smallest absolute Gasteiger partial charge is 0.335 e. The summed E-state index contributed by atoms with van der Waals surface area (Å²) in [7, 11) is 0. The highest BCUT2D eigenvalue weighted by molar-refractivity contribution is 6.16. The Morgan fingerprint density at radius 2 is 1.67 bits per heavy atom. The van der Waals surface area contributed by atoms with Crippen LogP contribution < -0.4 is 0 Å². The number of pyridine rings is 1. The summed E-state index contributed by atoms with van der Waals surface area (Å²) in [5, 5.41) is 10.0. The van der Waals surface area contributed by atoms with Crippen molar-refractivity contribution in [1.82, 2.24) is 9.55 Å². The van der Waals surface area contributed by atoms with Crippen LogP contribution in [0.4, 0.5) is 0 Å². The number of rotatable bonds is 8. The van der Waals surface area contributed by atoms with E-state index in [9.17, 15) is 14.7 Å². The van der Waals surface area contributed by atoms with Crippen molar-refractivity contribution >= 4 is 22.8 Å². The zero-order valence-electron chi connectivity index (χ0n) is 18.9. The number of benzene rings is 2. The van der Waals surface area contributed by atoms with Crippen molar-refractivity contribution in [2.24, 2.45) is 0 Å². The lowest BCUT2D eigenvalue weighted by Crippen LogP contribution is -2.34. The van der Waals surface area contributed by atoms with Gasteiger partial charge in [-0.2, -0.15) is 0 Å². The molecular formula is C27H26N2O4. The normalized spacial score (nSPS) is 11.6. The van der Waals surface area contributed by atoms with Gasteiger partial charge < -0.3 is 14.4 Å². The van der Waals surface area contributed by atoms with Crippen LogP contribution >= 0.6 is 0 Å². The van der Waals surface area contributed by atoms with Gasteiger partial charge in [-0.25, -0.2) is 9.78 Å². The molecule has 0 unspecified atom stereocenters. The van der Waals surface area contributed by atoms with Crippen LogP contribution in [-0.2, 0) is 22.7 Å². The Bertz CT molecular complexity index is 1300. The van der Waals surface area contributed by atoms with Gasteiger partial charge in [0.25, 0.3) is 0 Å². The lowest BCUT2D eigenvalue weighted by Gasteiger charge is -2.20. The maximum atomic E-state index is 13.2. The molecule has 2 aromatic heterocycles. The largest absolute Gasteiger partial charge is 0.479 e. The number of ketones is 1. The van der Waals surface area contributed by atoms with Crippen LogP contribution in [0.2, 0.25) is 0 Å². The number of carbonyl (C=O) groups is 2. The highest BCUT2D eigenvalue weighted by atomic mass is 16.5. The lowest BCUT2D eigenvalue weighted by molar-refractivity contribution is -0.162. The number of carboxylic acid groups (broad SMARTS) is 1. The van der Waals surface area contributed by atoms with Gasteiger partial charge in [0.05, 0.1) is 6.61 Å². The van der Waals surface area contributed by atoms with Gasteiger partial charge in [0.15, 0.2) is 11.4 Å². The van der Waals surface area contributed by atoms with Crippen LogP contribution in [-0.4, -0.2) is 32.0 Å². The molecule has 4 rings (SSSR count). The molecule has 0 bridgehead atoms. The minimum Gasteiger partial charge on any atom is -0.479 e. The first-order valence-corrected chi connectivity index (χ1v) is 10.7. The summed E-state index contributed by atoms with van der Waals surface area (Å²) in [4.78, 5) is 28.9. The molecule has 0 fully saturated rings. The summed E-state index contributed by atoms with van der Waals surface area (Å²) < 4.78 is 7.50. The van der Waals surface area contributed by atoms with E-state index in [0.29, 0.717) is 17.7 Å². The Hall–Kier alpha value is -3.77. The number of aliphatic carboxylic acids is 1. The number of ether oxygens (including phenoxy) is 1. The van der Waals surface area contributed by atoms with E-state index in [2.05, 4.69) is 4.98 Å². The maximum Gasteiger partial charge on any atom is 0.335 e. The topological polar surface area (TPSA) is 81.4 Å². The van der Waals surface area contributed by atoms with E-state index in [4.69, 9.17) is 4.74 Å². The minimum atomic E-state index is -1.24. The predicted octanol–water partition coefficient (Wildman–Crippen LogP) is 5.00. The molecule has 2 aromatic carbocycles. The molecule has 0 radical (unpaired) electrons. The lowest BCUT2D eigenvalue weighted by atomic mass is 10.0. The average molecular weight is 443 g/mol. The summed E-state index contributed by atoms with van der Waals surface area (Å²) >= 11 is 0. The van der Waals surface area contributed by atoms with Crippen LogP contribution in [0.3, 0.4) is 0 Å². The molecule has 2 heterocycles. The predicted molar refractivity (Wildman–Crippen MR) is 126 cm³/mol. The molecule has 0 aliphatic rings. The van der Waals surface area contributed by atoms with E-state index < -0.39 is 11.6 Å². The van der Waals surface area contributed by atoms with Crippen LogP contribution in [0, 0.1) is 6.92 Å². The van der Waals surface area contributed by atoms with Gasteiger partial charge in [0.2, 0.25) is 0 Å². The highest BCUT2D eigenvalue weighted by Crippen LogP contribution is 2.24. The number of hydrogen-bond acceptors (Lipinski definition) is 4. The number of carbonyl (C=O) groups excluding carboxylic acids is 1. The van der Waals surface area contributed by atoms with Crippen molar-refractivity contribution < 1.29 is 19.4 Å². The highest BCUT2D eigenvalue weighted by Gasteiger charge is 2.27. The van der Waals surface area contributed by atoms with Crippen molar-refractivity contribution in [2.45, 2.75) is 39.5 Å². The van der Waals surface area contributed by atoms with Crippen molar-refractivity contribution in [3.05, 3.63) is 101 Å². The molecule has 0 aliphatic heterocycles. The average Bonchev–Trinajstić information content (AvgIpc) is 3.17. The van der Waals surface area contributed by atoms with Crippen LogP contribution in [0.25, 0.3) is 11.0 Å². The van der Waals surface area contributed by atoms with Gasteiger partial charge in [-0.05, 0) is 44.0 Å². The van der Waals surface area contributed by atoms with E-state index in [1.807, 2.05) is 78.4 Å². The fourth-order valence-electron chi connectivity index (χ4n) is 3.55. The molecule has 0 amide bonds. The Morgan fingerprint density at radius 1 is 1.00 bits per heavy atom. The van der Waals surface area contributed by atoms with Gasteiger partial charge in [0, 0.05) is 35.5 Å². The summed E-state index contributed by atoms with van der Waals surface area (Å²) in [5.41, 5.74) is 3.82. The molecule has 168 valence electrons. The third kappa shape index (κ3) is 4.86. The second-order valence-corrected chi connectivity index (χ2v) is 8.66. The molecule has 0 saturated carbocycles. The molecule has 6 heteroatoms. The van der Waals surface area contributed by atoms with Crippen molar-refractivity contribution in [3.63, 3.8) is 0 Å². The molecular weight excluding hydrogens is 416 g/mol. The first-order chi connectivity index (χ1) is 15.7. The quantitative estimate of drug-likeness (QED) is 0.388. The molecule has 0 atom stereocenters. The van der Waals surface area contributed by atoms with Gasteiger partial charge in [0.1, 0.15) is 5.65 Å². The Morgan fingerprint density at radius 3 is 2.33 bits per heavy atom. The van der Waals surface area contributed by atoms with Crippen LogP contribution in [0.15, 0.2) is 73.1 Å². The number of fused-ring (bicyclic) bond motifs is 1. The first-order valence-electron chi connectivity index (χ1n) is 10.7. The fourth-order valence-corrected chi connectivity index (χ4v) is 3.55. The molecule has 0 saturated heterocycles. The van der Waals surface area contributed by atoms with E-state index in [0.717, 1.165) is 27.7 Å². The van der Waals surface area contributed by atoms with Crippen LogP contribution in [0.1, 0.15) is 46.5 Å². The van der Waals surface area contributed by atoms with Crippen molar-refractivity contribution in [1.29, 1.82) is 0 Å². The molecule has 0 spiro atoms. The van der Waals surface area contributed by atoms with Gasteiger partial charge in [-0.15, -0.1) is 0 Å². The summed E-state index contributed by atoms with van der Waals surface area (Å²) in [6.45, 7) is 5.82. The number of aryl methyl sites for hydroxylation is 1. The number of aromatic nitrogens is 2. The maximum absolute atomic E-state index is 13.2. The monoisotopic (exact) mass is 442 g/mol. The Kier molecular flexibility index (Phi) is 6.11. The second kappa shape index (κ2) is 9.00. The van der Waals surface area contributed by atoms with Crippen molar-refractivity contribution in [2.75, 3.05) is 0 Å². The SMILES string of the molecule is Cc1ccc(C(=O)c2cn(Cc3ccc(COC(C)(C)C(=O)O)cc3)c3ncccc23)cc1. The molecule has 33 heavy (non-hydrogen) atoms. The number of carboxylic acids is 1. The van der Waals surface area contributed by atoms with Crippen molar-refractivity contribution in [3.8, 4) is 0 Å². The number of hydrogen-bond donors (Lipinski definition) is 1.